The van der Waals surface area contributed by atoms with Crippen LogP contribution in [0.5, 0.6) is 0 Å². The Labute approximate surface area is 101 Å². The van der Waals surface area contributed by atoms with Gasteiger partial charge in [0.2, 0.25) is 0 Å². The highest BCUT2D eigenvalue weighted by Crippen LogP contribution is 2.17. The molecule has 0 unspecified atom stereocenters. The Morgan fingerprint density at radius 2 is 1.00 bits per heavy atom. The first kappa shape index (κ1) is 15.9. The third-order valence-electron chi connectivity index (χ3n) is 3.21. The molecule has 2 nitrogen and oxygen atoms in total. The predicted octanol–water partition coefficient (Wildman–Crippen LogP) is 3.51. The molecule has 0 spiro atoms. The third-order valence-corrected chi connectivity index (χ3v) is 3.21. The predicted molar refractivity (Wildman–Crippen MR) is 69.5 cm³/mol. The summed E-state index contributed by atoms with van der Waals surface area (Å²) in [5.74, 6) is 0.850. The Morgan fingerprint density at radius 3 is 1.38 bits per heavy atom. The van der Waals surface area contributed by atoms with Gasteiger partial charge in [0.25, 0.3) is 0 Å². The van der Waals surface area contributed by atoms with Crippen molar-refractivity contribution in [2.45, 2.75) is 71.1 Å². The van der Waals surface area contributed by atoms with Crippen molar-refractivity contribution in [2.24, 2.45) is 5.92 Å². The lowest BCUT2D eigenvalue weighted by atomic mass is 9.96. The Balaban J connectivity index is 3.09. The molecular formula is C14H30O2. The van der Waals surface area contributed by atoms with Crippen LogP contribution in [-0.2, 0) is 0 Å². The first-order valence-corrected chi connectivity index (χ1v) is 7.03. The van der Waals surface area contributed by atoms with Crippen LogP contribution in [0.2, 0.25) is 0 Å². The number of hydrogen-bond donors (Lipinski definition) is 2. The van der Waals surface area contributed by atoms with E-state index in [-0.39, 0.29) is 0 Å². The molecule has 2 N–H and O–H groups in total. The van der Waals surface area contributed by atoms with Crippen molar-refractivity contribution in [1.29, 1.82) is 0 Å². The molecule has 0 aromatic heterocycles. The van der Waals surface area contributed by atoms with Crippen LogP contribution in [0.1, 0.15) is 71.1 Å². The standard InChI is InChI=1S/C14H30O2/c1-14(10-6-2-4-8-12-15)11-7-3-5-9-13-16/h14-16H,2-13H2,1H3. The minimum atomic E-state index is 0.348. The fraction of sp³-hybridized carbons (Fsp3) is 1.00. The molecule has 0 heterocycles. The number of aliphatic hydroxyl groups excluding tert-OH is 2. The average Bonchev–Trinajstić information content (AvgIpc) is 2.28. The molecule has 0 aliphatic heterocycles. The minimum Gasteiger partial charge on any atom is -0.396 e. The lowest BCUT2D eigenvalue weighted by Gasteiger charge is -2.10. The van der Waals surface area contributed by atoms with Gasteiger partial charge >= 0.3 is 0 Å². The highest BCUT2D eigenvalue weighted by Gasteiger charge is 2.01. The Hall–Kier alpha value is -0.0800. The molecule has 16 heavy (non-hydrogen) atoms. The van der Waals surface area contributed by atoms with Crippen molar-refractivity contribution in [2.75, 3.05) is 13.2 Å². The maximum Gasteiger partial charge on any atom is 0.0431 e. The summed E-state index contributed by atoms with van der Waals surface area (Å²) in [6.07, 6.45) is 12.2. The second-order valence-electron chi connectivity index (χ2n) is 4.96. The van der Waals surface area contributed by atoms with E-state index in [0.717, 1.165) is 18.8 Å². The van der Waals surface area contributed by atoms with Crippen LogP contribution in [-0.4, -0.2) is 23.4 Å². The third kappa shape index (κ3) is 12.0. The van der Waals surface area contributed by atoms with Crippen molar-refractivity contribution >= 4 is 0 Å². The van der Waals surface area contributed by atoms with E-state index in [1.807, 2.05) is 0 Å². The van der Waals surface area contributed by atoms with Gasteiger partial charge in [-0.05, 0) is 18.8 Å². The smallest absolute Gasteiger partial charge is 0.0431 e. The molecule has 98 valence electrons. The van der Waals surface area contributed by atoms with E-state index in [4.69, 9.17) is 10.2 Å². The van der Waals surface area contributed by atoms with Crippen LogP contribution in [0, 0.1) is 5.92 Å². The molecule has 0 aromatic rings. The van der Waals surface area contributed by atoms with Crippen molar-refractivity contribution in [3.05, 3.63) is 0 Å². The normalized spacial score (nSPS) is 11.2. The molecule has 0 saturated heterocycles. The average molecular weight is 230 g/mol. The fourth-order valence-electron chi connectivity index (χ4n) is 2.06. The molecule has 0 bridgehead atoms. The van der Waals surface area contributed by atoms with Gasteiger partial charge in [-0.3, -0.25) is 0 Å². The Bertz CT molecular complexity index is 112. The van der Waals surface area contributed by atoms with Gasteiger partial charge in [0.15, 0.2) is 0 Å². The fourth-order valence-corrected chi connectivity index (χ4v) is 2.06. The second-order valence-corrected chi connectivity index (χ2v) is 4.96. The molecule has 0 aliphatic carbocycles. The minimum absolute atomic E-state index is 0.348. The van der Waals surface area contributed by atoms with E-state index in [9.17, 15) is 0 Å². The molecule has 0 fully saturated rings. The molecule has 0 saturated carbocycles. The van der Waals surface area contributed by atoms with E-state index < -0.39 is 0 Å². The first-order chi connectivity index (χ1) is 7.81. The molecule has 0 aromatic carbocycles. The largest absolute Gasteiger partial charge is 0.396 e. The van der Waals surface area contributed by atoms with Gasteiger partial charge in [0.05, 0.1) is 0 Å². The zero-order valence-corrected chi connectivity index (χ0v) is 11.0. The molecule has 0 amide bonds. The topological polar surface area (TPSA) is 40.5 Å². The van der Waals surface area contributed by atoms with E-state index in [1.54, 1.807) is 0 Å². The summed E-state index contributed by atoms with van der Waals surface area (Å²) in [4.78, 5) is 0. The van der Waals surface area contributed by atoms with Gasteiger partial charge in [-0.1, -0.05) is 58.3 Å². The summed E-state index contributed by atoms with van der Waals surface area (Å²) in [6.45, 7) is 3.04. The zero-order chi connectivity index (χ0) is 12.1. The van der Waals surface area contributed by atoms with Crippen LogP contribution < -0.4 is 0 Å². The van der Waals surface area contributed by atoms with Gasteiger partial charge in [0, 0.05) is 13.2 Å². The van der Waals surface area contributed by atoms with Crippen LogP contribution in [0.25, 0.3) is 0 Å². The summed E-state index contributed by atoms with van der Waals surface area (Å²) in [7, 11) is 0. The molecular weight excluding hydrogens is 200 g/mol. The van der Waals surface area contributed by atoms with Crippen molar-refractivity contribution < 1.29 is 10.2 Å². The van der Waals surface area contributed by atoms with E-state index >= 15 is 0 Å². The van der Waals surface area contributed by atoms with Crippen molar-refractivity contribution in [3.63, 3.8) is 0 Å². The summed E-state index contributed by atoms with van der Waals surface area (Å²) in [5, 5.41) is 17.3. The number of hydrogen-bond acceptors (Lipinski definition) is 2. The second kappa shape index (κ2) is 13.0. The van der Waals surface area contributed by atoms with Crippen LogP contribution in [0.4, 0.5) is 0 Å². The van der Waals surface area contributed by atoms with Gasteiger partial charge in [0.1, 0.15) is 0 Å². The maximum absolute atomic E-state index is 8.64. The lowest BCUT2D eigenvalue weighted by molar-refractivity contribution is 0.280. The van der Waals surface area contributed by atoms with Gasteiger partial charge < -0.3 is 10.2 Å². The van der Waals surface area contributed by atoms with Crippen molar-refractivity contribution in [3.8, 4) is 0 Å². The summed E-state index contributed by atoms with van der Waals surface area (Å²) >= 11 is 0. The zero-order valence-electron chi connectivity index (χ0n) is 11.0. The van der Waals surface area contributed by atoms with Crippen LogP contribution in [0.3, 0.4) is 0 Å². The molecule has 0 rings (SSSR count). The van der Waals surface area contributed by atoms with E-state index in [1.165, 1.54) is 51.4 Å². The van der Waals surface area contributed by atoms with Gasteiger partial charge in [-0.25, -0.2) is 0 Å². The molecule has 0 atom stereocenters. The SMILES string of the molecule is CC(CCCCCCO)CCCCCCO. The first-order valence-electron chi connectivity index (χ1n) is 7.03. The summed E-state index contributed by atoms with van der Waals surface area (Å²) in [5.41, 5.74) is 0. The number of unbranched alkanes of at least 4 members (excludes halogenated alkanes) is 6. The van der Waals surface area contributed by atoms with E-state index in [0.29, 0.717) is 13.2 Å². The van der Waals surface area contributed by atoms with Crippen LogP contribution in [0.15, 0.2) is 0 Å². The molecule has 2 heteroatoms. The molecule has 0 aliphatic rings. The highest BCUT2D eigenvalue weighted by molar-refractivity contribution is 4.55. The number of rotatable bonds is 12. The molecule has 0 radical (unpaired) electrons. The van der Waals surface area contributed by atoms with Crippen LogP contribution >= 0.6 is 0 Å². The van der Waals surface area contributed by atoms with Gasteiger partial charge in [-0.15, -0.1) is 0 Å². The lowest BCUT2D eigenvalue weighted by Crippen LogP contribution is -1.95. The van der Waals surface area contributed by atoms with Crippen molar-refractivity contribution in [1.82, 2.24) is 0 Å². The Kier molecular flexibility index (Phi) is 12.9. The summed E-state index contributed by atoms with van der Waals surface area (Å²) in [6, 6.07) is 0. The summed E-state index contributed by atoms with van der Waals surface area (Å²) < 4.78 is 0. The van der Waals surface area contributed by atoms with Gasteiger partial charge in [-0.2, -0.15) is 0 Å². The maximum atomic E-state index is 8.64. The number of aliphatic hydroxyl groups is 2. The highest BCUT2D eigenvalue weighted by atomic mass is 16.3. The van der Waals surface area contributed by atoms with E-state index in [2.05, 4.69) is 6.92 Å². The Morgan fingerprint density at radius 1 is 0.625 bits per heavy atom. The monoisotopic (exact) mass is 230 g/mol. The quantitative estimate of drug-likeness (QED) is 0.504.